The van der Waals surface area contributed by atoms with E-state index < -0.39 is 5.97 Å². The van der Waals surface area contributed by atoms with Gasteiger partial charge in [0.2, 0.25) is 11.4 Å². The minimum absolute atomic E-state index is 0.0969. The Hall–Kier alpha value is -1.96. The van der Waals surface area contributed by atoms with Crippen LogP contribution in [0.2, 0.25) is 0 Å². The Morgan fingerprint density at radius 3 is 3.05 bits per heavy atom. The number of hydrogen-bond acceptors (Lipinski definition) is 7. The maximum Gasteiger partial charge on any atom is 0.318 e. The molecule has 0 aliphatic heterocycles. The predicted octanol–water partition coefficient (Wildman–Crippen LogP) is 2.12. The highest BCUT2D eigenvalue weighted by atomic mass is 32.1. The van der Waals surface area contributed by atoms with E-state index in [1.807, 2.05) is 6.92 Å². The monoisotopic (exact) mass is 310 g/mol. The van der Waals surface area contributed by atoms with Crippen molar-refractivity contribution in [3.05, 3.63) is 16.4 Å². The number of aromatic nitrogens is 3. The molecule has 2 aromatic rings. The molecule has 0 saturated carbocycles. The Labute approximate surface area is 126 Å². The van der Waals surface area contributed by atoms with E-state index in [4.69, 9.17) is 4.74 Å². The second kappa shape index (κ2) is 7.16. The Bertz CT molecular complexity index is 647. The maximum atomic E-state index is 11.7. The van der Waals surface area contributed by atoms with Crippen LogP contribution in [0.25, 0.3) is 4.96 Å². The molecule has 0 unspecified atom stereocenters. The summed E-state index contributed by atoms with van der Waals surface area (Å²) >= 11 is 1.56. The van der Waals surface area contributed by atoms with E-state index in [1.54, 1.807) is 15.9 Å². The molecule has 0 amide bonds. The fourth-order valence-electron chi connectivity index (χ4n) is 1.86. The number of hydrogen-bond donors (Lipinski definition) is 0. The number of unbranched alkanes of at least 4 members (excludes halogenated alkanes) is 1. The molecule has 0 aromatic carbocycles. The Morgan fingerprint density at radius 2 is 2.33 bits per heavy atom. The van der Waals surface area contributed by atoms with Crippen LogP contribution in [0.5, 0.6) is 0 Å². The number of carbonyl (C=O) groups is 1. The summed E-state index contributed by atoms with van der Waals surface area (Å²) in [6, 6.07) is 0. The maximum absolute atomic E-state index is 11.7. The smallest absolute Gasteiger partial charge is 0.318 e. The molecule has 0 aliphatic carbocycles. The standard InChI is InChI=1S/C13H18N4O3S/c1-4-5-6-11-16-17-10(9(2)15-13(17)21-11)7-12(18)20-8-14-19-3/h8H,4-7H2,1-3H3. The summed E-state index contributed by atoms with van der Waals surface area (Å²) in [5.74, 6) is -0.427. The summed E-state index contributed by atoms with van der Waals surface area (Å²) in [5.41, 5.74) is 1.54. The molecule has 0 spiro atoms. The highest BCUT2D eigenvalue weighted by Gasteiger charge is 2.17. The van der Waals surface area contributed by atoms with Crippen molar-refractivity contribution >= 4 is 28.7 Å². The molecule has 0 radical (unpaired) electrons. The zero-order chi connectivity index (χ0) is 15.2. The van der Waals surface area contributed by atoms with Gasteiger partial charge in [0.1, 0.15) is 12.1 Å². The molecule has 7 nitrogen and oxygen atoms in total. The van der Waals surface area contributed by atoms with E-state index in [0.29, 0.717) is 0 Å². The molecule has 114 valence electrons. The summed E-state index contributed by atoms with van der Waals surface area (Å²) in [7, 11) is 1.38. The highest BCUT2D eigenvalue weighted by molar-refractivity contribution is 7.16. The second-order valence-electron chi connectivity index (χ2n) is 4.50. The molecule has 2 rings (SSSR count). The fraction of sp³-hybridized carbons (Fsp3) is 0.538. The largest absolute Gasteiger partial charge is 0.411 e. The minimum Gasteiger partial charge on any atom is -0.411 e. The van der Waals surface area contributed by atoms with Gasteiger partial charge in [-0.15, -0.1) is 0 Å². The quantitative estimate of drug-likeness (QED) is 0.339. The number of fused-ring (bicyclic) bond motifs is 1. The van der Waals surface area contributed by atoms with E-state index in [0.717, 1.165) is 47.0 Å². The van der Waals surface area contributed by atoms with Crippen LogP contribution in [0, 0.1) is 6.92 Å². The molecule has 21 heavy (non-hydrogen) atoms. The Balaban J connectivity index is 2.14. The highest BCUT2D eigenvalue weighted by Crippen LogP contribution is 2.20. The predicted molar refractivity (Wildman–Crippen MR) is 79.5 cm³/mol. The van der Waals surface area contributed by atoms with Crippen LogP contribution >= 0.6 is 11.3 Å². The zero-order valence-electron chi connectivity index (χ0n) is 12.3. The lowest BCUT2D eigenvalue weighted by molar-refractivity contribution is -0.134. The van der Waals surface area contributed by atoms with Gasteiger partial charge in [-0.25, -0.2) is 9.50 Å². The van der Waals surface area contributed by atoms with Crippen LogP contribution in [0.3, 0.4) is 0 Å². The van der Waals surface area contributed by atoms with Crippen LogP contribution in [0.4, 0.5) is 0 Å². The summed E-state index contributed by atoms with van der Waals surface area (Å²) in [6.45, 7) is 4.00. The summed E-state index contributed by atoms with van der Waals surface area (Å²) in [4.78, 5) is 21.4. The molecule has 2 aromatic heterocycles. The van der Waals surface area contributed by atoms with E-state index in [2.05, 4.69) is 27.0 Å². The lowest BCUT2D eigenvalue weighted by Crippen LogP contribution is -2.10. The third-order valence-corrected chi connectivity index (χ3v) is 3.90. The van der Waals surface area contributed by atoms with Crippen LogP contribution in [0.15, 0.2) is 5.16 Å². The van der Waals surface area contributed by atoms with Gasteiger partial charge in [-0.05, 0) is 13.3 Å². The molecular weight excluding hydrogens is 292 g/mol. The van der Waals surface area contributed by atoms with Crippen LogP contribution in [0.1, 0.15) is 36.2 Å². The molecule has 0 aliphatic rings. The molecule has 0 saturated heterocycles. The van der Waals surface area contributed by atoms with E-state index in [1.165, 1.54) is 7.11 Å². The van der Waals surface area contributed by atoms with Crippen molar-refractivity contribution in [2.75, 3.05) is 7.11 Å². The Kier molecular flexibility index (Phi) is 5.26. The molecule has 0 bridgehead atoms. The first-order valence-corrected chi connectivity index (χ1v) is 7.55. The number of imidazole rings is 1. The van der Waals surface area contributed by atoms with Crippen molar-refractivity contribution in [1.82, 2.24) is 14.6 Å². The van der Waals surface area contributed by atoms with Gasteiger partial charge in [0, 0.05) is 6.42 Å². The first-order valence-electron chi connectivity index (χ1n) is 6.74. The molecule has 0 N–H and O–H groups in total. The Morgan fingerprint density at radius 1 is 1.52 bits per heavy atom. The van der Waals surface area contributed by atoms with Gasteiger partial charge in [0.25, 0.3) is 0 Å². The van der Waals surface area contributed by atoms with Gasteiger partial charge in [-0.2, -0.15) is 5.10 Å². The van der Waals surface area contributed by atoms with Crippen molar-refractivity contribution in [1.29, 1.82) is 0 Å². The number of nitrogens with zero attached hydrogens (tertiary/aromatic N) is 4. The topological polar surface area (TPSA) is 78.1 Å². The van der Waals surface area contributed by atoms with Gasteiger partial charge in [-0.1, -0.05) is 29.8 Å². The van der Waals surface area contributed by atoms with Gasteiger partial charge < -0.3 is 9.57 Å². The summed E-state index contributed by atoms with van der Waals surface area (Å²) in [5, 5.41) is 8.92. The van der Waals surface area contributed by atoms with Crippen molar-refractivity contribution in [3.8, 4) is 0 Å². The van der Waals surface area contributed by atoms with E-state index >= 15 is 0 Å². The lowest BCUT2D eigenvalue weighted by atomic mass is 10.2. The second-order valence-corrected chi connectivity index (χ2v) is 5.54. The third kappa shape index (κ3) is 3.78. The molecular formula is C13H18N4O3S. The lowest BCUT2D eigenvalue weighted by Gasteiger charge is -1.99. The average molecular weight is 310 g/mol. The summed E-state index contributed by atoms with van der Waals surface area (Å²) < 4.78 is 6.55. The first kappa shape index (κ1) is 15.4. The number of rotatable bonds is 7. The number of carbonyl (C=O) groups excluding carboxylic acids is 1. The average Bonchev–Trinajstić information content (AvgIpc) is 2.96. The normalized spacial score (nSPS) is 11.4. The number of aryl methyl sites for hydroxylation is 2. The molecule has 0 atom stereocenters. The SMILES string of the molecule is CCCCc1nn2c(CC(=O)OC=NOC)c(C)nc2s1. The van der Waals surface area contributed by atoms with Crippen LogP contribution in [-0.4, -0.2) is 34.1 Å². The van der Waals surface area contributed by atoms with Gasteiger partial charge >= 0.3 is 5.97 Å². The fourth-order valence-corrected chi connectivity index (χ4v) is 2.86. The number of oxime groups is 1. The number of esters is 1. The molecule has 8 heteroatoms. The van der Waals surface area contributed by atoms with Gasteiger partial charge in [0.05, 0.1) is 17.8 Å². The van der Waals surface area contributed by atoms with Gasteiger partial charge in [-0.3, -0.25) is 4.79 Å². The summed E-state index contributed by atoms with van der Waals surface area (Å²) in [6.07, 6.45) is 4.23. The van der Waals surface area contributed by atoms with Crippen LogP contribution in [-0.2, 0) is 27.2 Å². The third-order valence-electron chi connectivity index (χ3n) is 2.93. The zero-order valence-corrected chi connectivity index (χ0v) is 13.1. The van der Waals surface area contributed by atoms with Crippen molar-refractivity contribution < 1.29 is 14.4 Å². The number of ether oxygens (including phenoxy) is 1. The van der Waals surface area contributed by atoms with Crippen LogP contribution < -0.4 is 0 Å². The molecule has 0 fully saturated rings. The van der Waals surface area contributed by atoms with E-state index in [9.17, 15) is 4.79 Å². The van der Waals surface area contributed by atoms with Crippen molar-refractivity contribution in [2.45, 2.75) is 39.5 Å². The first-order chi connectivity index (χ1) is 10.2. The van der Waals surface area contributed by atoms with Gasteiger partial charge in [0.15, 0.2) is 0 Å². The minimum atomic E-state index is -0.427. The van der Waals surface area contributed by atoms with E-state index in [-0.39, 0.29) is 6.42 Å². The van der Waals surface area contributed by atoms with Crippen molar-refractivity contribution in [2.24, 2.45) is 5.16 Å². The van der Waals surface area contributed by atoms with Crippen molar-refractivity contribution in [3.63, 3.8) is 0 Å². The molecule has 2 heterocycles.